The third-order valence-corrected chi connectivity index (χ3v) is 5.51. The zero-order valence-electron chi connectivity index (χ0n) is 17.3. The van der Waals surface area contributed by atoms with Crippen molar-refractivity contribution >= 4 is 11.8 Å². The van der Waals surface area contributed by atoms with Crippen LogP contribution in [0.5, 0.6) is 0 Å². The predicted octanol–water partition coefficient (Wildman–Crippen LogP) is 4.77. The van der Waals surface area contributed by atoms with Crippen LogP contribution in [0.25, 0.3) is 17.1 Å². The number of rotatable bonds is 8. The molecule has 0 radical (unpaired) electrons. The molecule has 30 heavy (non-hydrogen) atoms. The quantitative estimate of drug-likeness (QED) is 0.380. The van der Waals surface area contributed by atoms with E-state index in [0.717, 1.165) is 40.9 Å². The van der Waals surface area contributed by atoms with Gasteiger partial charge in [-0.05, 0) is 42.2 Å². The summed E-state index contributed by atoms with van der Waals surface area (Å²) in [4.78, 5) is 8.60. The number of aromatic nitrogens is 6. The summed E-state index contributed by atoms with van der Waals surface area (Å²) in [5, 5.41) is 13.8. The fourth-order valence-corrected chi connectivity index (χ4v) is 3.88. The number of hydrogen-bond donors (Lipinski definition) is 0. The van der Waals surface area contributed by atoms with Gasteiger partial charge < -0.3 is 4.52 Å². The van der Waals surface area contributed by atoms with Crippen LogP contribution in [0.15, 0.2) is 58.5 Å². The van der Waals surface area contributed by atoms with Crippen LogP contribution in [0.1, 0.15) is 38.0 Å². The smallest absolute Gasteiger partial charge is 0.237 e. The maximum Gasteiger partial charge on any atom is 0.237 e. The van der Waals surface area contributed by atoms with Gasteiger partial charge in [-0.2, -0.15) is 4.98 Å². The van der Waals surface area contributed by atoms with Gasteiger partial charge in [-0.15, -0.1) is 10.2 Å². The number of hydrogen-bond acceptors (Lipinski definition) is 7. The van der Waals surface area contributed by atoms with Crippen molar-refractivity contribution in [3.63, 3.8) is 0 Å². The Morgan fingerprint density at radius 2 is 1.80 bits per heavy atom. The third-order valence-electron chi connectivity index (χ3n) is 4.60. The Morgan fingerprint density at radius 3 is 2.50 bits per heavy atom. The maximum absolute atomic E-state index is 5.41. The van der Waals surface area contributed by atoms with Crippen LogP contribution in [-0.4, -0.2) is 29.9 Å². The van der Waals surface area contributed by atoms with Crippen LogP contribution in [-0.2, 0) is 18.6 Å². The van der Waals surface area contributed by atoms with Crippen LogP contribution in [0.2, 0.25) is 0 Å². The second-order valence-corrected chi connectivity index (χ2v) is 8.33. The molecule has 0 N–H and O–H groups in total. The molecule has 0 atom stereocenters. The lowest BCUT2D eigenvalue weighted by molar-refractivity contribution is 0.382. The summed E-state index contributed by atoms with van der Waals surface area (Å²) in [7, 11) is 0. The van der Waals surface area contributed by atoms with E-state index in [2.05, 4.69) is 74.9 Å². The molecule has 7 nitrogen and oxygen atoms in total. The van der Waals surface area contributed by atoms with Gasteiger partial charge in [0.25, 0.3) is 0 Å². The van der Waals surface area contributed by atoms with Crippen LogP contribution in [0.4, 0.5) is 0 Å². The standard InChI is InChI=1S/C22H24N6OS/c1-4-16-5-7-18(8-6-16)28-21(17-9-11-23-12-10-17)25-26-22(28)30-14-20-24-19(27-29-20)13-15(2)3/h5-12,15H,4,13-14H2,1-3H3. The molecule has 4 rings (SSSR count). The molecule has 1 aromatic carbocycles. The summed E-state index contributed by atoms with van der Waals surface area (Å²) in [6.07, 6.45) is 5.32. The summed E-state index contributed by atoms with van der Waals surface area (Å²) in [5.41, 5.74) is 3.26. The third kappa shape index (κ3) is 4.59. The highest BCUT2D eigenvalue weighted by Crippen LogP contribution is 2.29. The van der Waals surface area contributed by atoms with Gasteiger partial charge in [0.1, 0.15) is 0 Å². The van der Waals surface area contributed by atoms with Crippen LogP contribution >= 0.6 is 11.8 Å². The van der Waals surface area contributed by atoms with Gasteiger partial charge >= 0.3 is 0 Å². The fourth-order valence-electron chi connectivity index (χ4n) is 3.09. The Balaban J connectivity index is 1.64. The molecule has 0 aliphatic carbocycles. The van der Waals surface area contributed by atoms with E-state index < -0.39 is 0 Å². The molecule has 3 heterocycles. The van der Waals surface area contributed by atoms with E-state index in [1.54, 1.807) is 12.4 Å². The highest BCUT2D eigenvalue weighted by Gasteiger charge is 2.18. The summed E-state index contributed by atoms with van der Waals surface area (Å²) in [5.74, 6) is 3.13. The van der Waals surface area contributed by atoms with E-state index in [0.29, 0.717) is 17.6 Å². The average molecular weight is 421 g/mol. The second kappa shape index (κ2) is 9.21. The molecule has 0 saturated heterocycles. The van der Waals surface area contributed by atoms with E-state index in [1.165, 1.54) is 17.3 Å². The zero-order valence-corrected chi connectivity index (χ0v) is 18.1. The Morgan fingerprint density at radius 1 is 1.03 bits per heavy atom. The van der Waals surface area contributed by atoms with E-state index in [-0.39, 0.29) is 0 Å². The van der Waals surface area contributed by atoms with E-state index >= 15 is 0 Å². The molecule has 0 unspecified atom stereocenters. The molecule has 0 aliphatic heterocycles. The summed E-state index contributed by atoms with van der Waals surface area (Å²) < 4.78 is 7.47. The molecule has 3 aromatic heterocycles. The Labute approximate surface area is 180 Å². The Hall–Kier alpha value is -3.00. The van der Waals surface area contributed by atoms with Crippen molar-refractivity contribution in [3.05, 3.63) is 66.1 Å². The molecule has 0 amide bonds. The number of pyridine rings is 1. The van der Waals surface area contributed by atoms with Crippen molar-refractivity contribution in [3.8, 4) is 17.1 Å². The predicted molar refractivity (Wildman–Crippen MR) is 116 cm³/mol. The largest absolute Gasteiger partial charge is 0.338 e. The van der Waals surface area contributed by atoms with Gasteiger partial charge in [0.05, 0.1) is 5.75 Å². The lowest BCUT2D eigenvalue weighted by Crippen LogP contribution is -2.00. The lowest BCUT2D eigenvalue weighted by Gasteiger charge is -2.10. The molecule has 4 aromatic rings. The number of aryl methyl sites for hydroxylation is 1. The number of nitrogens with zero attached hydrogens (tertiary/aromatic N) is 6. The topological polar surface area (TPSA) is 82.5 Å². The minimum atomic E-state index is 0.486. The van der Waals surface area contributed by atoms with E-state index in [4.69, 9.17) is 4.52 Å². The first kappa shape index (κ1) is 20.3. The maximum atomic E-state index is 5.41. The van der Waals surface area contributed by atoms with E-state index in [1.807, 2.05) is 12.1 Å². The van der Waals surface area contributed by atoms with Crippen molar-refractivity contribution in [1.29, 1.82) is 0 Å². The fraction of sp³-hybridized carbons (Fsp3) is 0.318. The minimum Gasteiger partial charge on any atom is -0.338 e. The van der Waals surface area contributed by atoms with Crippen molar-refractivity contribution in [2.24, 2.45) is 5.92 Å². The van der Waals surface area contributed by atoms with Crippen molar-refractivity contribution in [2.45, 2.75) is 44.5 Å². The molecule has 154 valence electrons. The van der Waals surface area contributed by atoms with Gasteiger partial charge in [0.15, 0.2) is 16.8 Å². The highest BCUT2D eigenvalue weighted by atomic mass is 32.2. The average Bonchev–Trinajstić information content (AvgIpc) is 3.39. The van der Waals surface area contributed by atoms with Crippen molar-refractivity contribution in [1.82, 2.24) is 29.9 Å². The minimum absolute atomic E-state index is 0.486. The normalized spacial score (nSPS) is 11.3. The molecular weight excluding hydrogens is 396 g/mol. The summed E-state index contributed by atoms with van der Waals surface area (Å²) >= 11 is 1.53. The Kier molecular flexibility index (Phi) is 6.23. The number of thioether (sulfide) groups is 1. The molecule has 0 bridgehead atoms. The van der Waals surface area contributed by atoms with Gasteiger partial charge in [-0.25, -0.2) is 0 Å². The van der Waals surface area contributed by atoms with Crippen LogP contribution in [0.3, 0.4) is 0 Å². The van der Waals surface area contributed by atoms with Gasteiger partial charge in [0.2, 0.25) is 5.89 Å². The molecule has 0 spiro atoms. The molecular formula is C22H24N6OS. The first-order valence-corrected chi connectivity index (χ1v) is 11.0. The van der Waals surface area contributed by atoms with Gasteiger partial charge in [0, 0.05) is 30.1 Å². The first-order valence-electron chi connectivity index (χ1n) is 10.0. The van der Waals surface area contributed by atoms with E-state index in [9.17, 15) is 0 Å². The van der Waals surface area contributed by atoms with Gasteiger partial charge in [-0.1, -0.05) is 49.8 Å². The summed E-state index contributed by atoms with van der Waals surface area (Å²) in [6, 6.07) is 12.3. The molecule has 0 aliphatic rings. The monoisotopic (exact) mass is 420 g/mol. The molecule has 0 fully saturated rings. The number of benzene rings is 1. The zero-order chi connectivity index (χ0) is 20.9. The van der Waals surface area contributed by atoms with Crippen molar-refractivity contribution in [2.75, 3.05) is 0 Å². The second-order valence-electron chi connectivity index (χ2n) is 7.39. The molecule has 0 saturated carbocycles. The first-order chi connectivity index (χ1) is 14.6. The van der Waals surface area contributed by atoms with Crippen LogP contribution in [0, 0.1) is 5.92 Å². The van der Waals surface area contributed by atoms with Crippen LogP contribution < -0.4 is 0 Å². The lowest BCUT2D eigenvalue weighted by atomic mass is 10.1. The summed E-state index contributed by atoms with van der Waals surface area (Å²) in [6.45, 7) is 6.42. The highest BCUT2D eigenvalue weighted by molar-refractivity contribution is 7.98. The Bertz CT molecular complexity index is 1090. The SMILES string of the molecule is CCc1ccc(-n2c(SCc3nc(CC(C)C)no3)nnc2-c2ccncc2)cc1. The molecule has 8 heteroatoms. The van der Waals surface area contributed by atoms with Crippen molar-refractivity contribution < 1.29 is 4.52 Å². The van der Waals surface area contributed by atoms with Gasteiger partial charge in [-0.3, -0.25) is 9.55 Å².